The van der Waals surface area contributed by atoms with Gasteiger partial charge in [-0.15, -0.1) is 0 Å². The number of aryl methyl sites for hydroxylation is 2. The van der Waals surface area contributed by atoms with E-state index in [-0.39, 0.29) is 41.3 Å². The van der Waals surface area contributed by atoms with Crippen molar-refractivity contribution in [3.63, 3.8) is 0 Å². The number of carboxylic acid groups (broad SMARTS) is 1. The summed E-state index contributed by atoms with van der Waals surface area (Å²) in [6.45, 7) is 17.5. The number of nitrogens with one attached hydrogen (secondary N) is 1. The standard InChI is InChI=1S/C21H25F2N3O3.C16H26N2.C14H9BF5NO3/c1-9(2)12-6-25(8-16(12)24)19-10(3)18-11(4-15(19)23)20(27)13(21(28)29)7-26(18)17-5-14(17)22;1-12(2)15-10-18(11-16(15)17-4)13(3)14-8-6-5-7-9-14;1-5-11(18)9(17)2-6-12(5)21(10-3-8(10)16)4-7(13(6)22)14(23)24-15(19)20/h4,7,9,12,14,16-17H,5-6,8,24H2,1-3H3,(H,28,29);5-9,12-13,15-17H,10-11H2,1-4H3;2,4,8,10H,3H2,1H3/t12-,14+,16-,17-;13-,15-,16-;8-,10+/m110/s1. The fourth-order valence-electron chi connectivity index (χ4n) is 10.4. The predicted octanol–water partition coefficient (Wildman–Crippen LogP) is 8.72. The van der Waals surface area contributed by atoms with Gasteiger partial charge in [0.25, 0.3) is 0 Å². The molecule has 382 valence electrons. The molecule has 3 aromatic carbocycles. The summed E-state index contributed by atoms with van der Waals surface area (Å²) >= 11 is 0. The normalized spacial score (nSPS) is 24.2. The molecular formula is C51H60BF7N6O6. The van der Waals surface area contributed by atoms with E-state index in [9.17, 15) is 50.5 Å². The average molecular weight is 997 g/mol. The number of likely N-dealkylation sites (N-methyl/N-ethyl adjacent to an activating group) is 1. The Balaban J connectivity index is 0.000000161. The Kier molecular flexibility index (Phi) is 15.8. The molecule has 4 heterocycles. The van der Waals surface area contributed by atoms with Crippen molar-refractivity contribution in [2.75, 3.05) is 38.1 Å². The second-order valence-electron chi connectivity index (χ2n) is 19.9. The minimum atomic E-state index is -3.46. The number of fused-ring (bicyclic) bond motifs is 2. The van der Waals surface area contributed by atoms with Gasteiger partial charge in [-0.05, 0) is 74.8 Å². The molecule has 20 heteroatoms. The molecular weight excluding hydrogens is 936 g/mol. The zero-order chi connectivity index (χ0) is 52.1. The molecule has 71 heavy (non-hydrogen) atoms. The molecule has 4 fully saturated rings. The second-order valence-corrected chi connectivity index (χ2v) is 19.9. The van der Waals surface area contributed by atoms with Gasteiger partial charge in [-0.2, -0.15) is 0 Å². The van der Waals surface area contributed by atoms with Crippen molar-refractivity contribution in [1.82, 2.24) is 19.4 Å². The number of hydrogen-bond acceptors (Lipinski definition) is 9. The van der Waals surface area contributed by atoms with Gasteiger partial charge in [0.15, 0.2) is 11.6 Å². The van der Waals surface area contributed by atoms with Gasteiger partial charge in [0, 0.05) is 85.9 Å². The number of likely N-dealkylation sites (tertiary alicyclic amines) is 1. The van der Waals surface area contributed by atoms with E-state index < -0.39 is 88.7 Å². The quantitative estimate of drug-likeness (QED) is 0.0866. The van der Waals surface area contributed by atoms with Crippen molar-refractivity contribution in [3.05, 3.63) is 121 Å². The van der Waals surface area contributed by atoms with E-state index >= 15 is 4.39 Å². The van der Waals surface area contributed by atoms with Crippen LogP contribution in [0.25, 0.3) is 21.8 Å². The van der Waals surface area contributed by atoms with Gasteiger partial charge in [0.2, 0.25) is 10.9 Å². The third-order valence-corrected chi connectivity index (χ3v) is 14.7. The van der Waals surface area contributed by atoms with Gasteiger partial charge in [-0.25, -0.2) is 40.2 Å². The number of carboxylic acids is 1. The summed E-state index contributed by atoms with van der Waals surface area (Å²) in [7, 11) is -1.36. The van der Waals surface area contributed by atoms with Crippen LogP contribution >= 0.6 is 0 Å². The lowest BCUT2D eigenvalue weighted by molar-refractivity contribution is 0.0682. The van der Waals surface area contributed by atoms with Crippen molar-refractivity contribution < 1.29 is 49.9 Å². The summed E-state index contributed by atoms with van der Waals surface area (Å²) in [5.41, 5.74) is 5.49. The lowest BCUT2D eigenvalue weighted by Crippen LogP contribution is -2.35. The number of anilines is 1. The molecule has 2 saturated carbocycles. The van der Waals surface area contributed by atoms with Crippen LogP contribution in [-0.2, 0) is 4.65 Å². The van der Waals surface area contributed by atoms with E-state index in [1.165, 1.54) is 29.8 Å². The molecule has 4 N–H and O–H groups in total. The smallest absolute Gasteiger partial charge is 0.477 e. The third kappa shape index (κ3) is 10.8. The van der Waals surface area contributed by atoms with Crippen LogP contribution in [-0.4, -0.2) is 96.2 Å². The minimum absolute atomic E-state index is 0.0355. The largest absolute Gasteiger partial charge is 0.798 e. The van der Waals surface area contributed by atoms with E-state index in [1.54, 1.807) is 6.92 Å². The van der Waals surface area contributed by atoms with Crippen LogP contribution in [0.15, 0.2) is 64.4 Å². The van der Waals surface area contributed by atoms with E-state index in [2.05, 4.69) is 86.9 Å². The Morgan fingerprint density at radius 3 is 1.77 bits per heavy atom. The molecule has 12 nitrogen and oxygen atoms in total. The fourth-order valence-corrected chi connectivity index (χ4v) is 10.4. The van der Waals surface area contributed by atoms with Gasteiger partial charge >= 0.3 is 19.4 Å². The van der Waals surface area contributed by atoms with Crippen molar-refractivity contribution in [2.45, 2.75) is 104 Å². The lowest BCUT2D eigenvalue weighted by atomic mass is 9.91. The molecule has 0 radical (unpaired) electrons. The topological polar surface area (TPSA) is 152 Å². The number of aromatic nitrogens is 2. The molecule has 0 spiro atoms. The highest BCUT2D eigenvalue weighted by Gasteiger charge is 2.43. The molecule has 2 aromatic heterocycles. The Hall–Kier alpha value is -5.73. The maximum Gasteiger partial charge on any atom is 0.798 e. The van der Waals surface area contributed by atoms with Crippen LogP contribution in [0.2, 0.25) is 0 Å². The SMILES string of the molecule is CN[C@@H]1CN([C@H](C)c2ccccc2)C[C@@H]1C(C)C.Cc1c(F)c(F)cc2c(=O)c(C(=O)OB(F)F)cn([C@@H]3C[C@@H]3F)c12.Cc1c(N2C[C@@H](N)[C@@H](C(C)C)C2)c(F)cc2c(=O)c(C(=O)O)cn([C@@H]3C[C@@H]3F)c12. The summed E-state index contributed by atoms with van der Waals surface area (Å²) in [5, 5.41) is 12.4. The number of carbonyl (C=O) groups excluding carboxylic acids is 1. The molecule has 5 aromatic rings. The molecule has 2 saturated heterocycles. The Bertz CT molecular complexity index is 2940. The van der Waals surface area contributed by atoms with E-state index in [4.69, 9.17) is 5.73 Å². The maximum absolute atomic E-state index is 15.2. The Morgan fingerprint density at radius 1 is 0.775 bits per heavy atom. The molecule has 0 unspecified atom stereocenters. The number of rotatable bonds is 11. The molecule has 2 aliphatic heterocycles. The summed E-state index contributed by atoms with van der Waals surface area (Å²) in [5.74, 6) is -4.11. The first-order chi connectivity index (χ1) is 33.5. The molecule has 9 atom stereocenters. The van der Waals surface area contributed by atoms with Crippen molar-refractivity contribution in [3.8, 4) is 0 Å². The molecule has 0 amide bonds. The van der Waals surface area contributed by atoms with E-state index in [1.807, 2.05) is 4.90 Å². The van der Waals surface area contributed by atoms with Crippen molar-refractivity contribution in [1.29, 1.82) is 0 Å². The molecule has 4 aliphatic rings. The number of aromatic carboxylic acids is 1. The number of hydrogen-bond donors (Lipinski definition) is 3. The number of benzene rings is 3. The summed E-state index contributed by atoms with van der Waals surface area (Å²) in [6, 6.07) is 12.2. The summed E-state index contributed by atoms with van der Waals surface area (Å²) in [6.07, 6.45) is -0.0851. The third-order valence-electron chi connectivity index (χ3n) is 14.7. The lowest BCUT2D eigenvalue weighted by Gasteiger charge is -2.25. The number of carbonyl (C=O) groups is 2. The highest BCUT2D eigenvalue weighted by atomic mass is 19.2. The van der Waals surface area contributed by atoms with Crippen LogP contribution < -0.4 is 26.8 Å². The predicted molar refractivity (Wildman–Crippen MR) is 259 cm³/mol. The number of pyridine rings is 2. The number of alkyl halides is 2. The second kappa shape index (κ2) is 21.2. The average Bonchev–Trinajstić information content (AvgIpc) is 4.12. The van der Waals surface area contributed by atoms with Gasteiger partial charge < -0.3 is 34.8 Å². The Morgan fingerprint density at radius 2 is 1.30 bits per heavy atom. The van der Waals surface area contributed by atoms with Crippen LogP contribution in [0.1, 0.15) is 103 Å². The Labute approximate surface area is 407 Å². The van der Waals surface area contributed by atoms with Crippen LogP contribution in [0.4, 0.5) is 36.3 Å². The van der Waals surface area contributed by atoms with Gasteiger partial charge in [0.1, 0.15) is 29.3 Å². The monoisotopic (exact) mass is 996 g/mol. The first-order valence-corrected chi connectivity index (χ1v) is 23.9. The highest BCUT2D eigenvalue weighted by Crippen LogP contribution is 2.44. The first kappa shape index (κ1) is 53.1. The molecule has 0 bridgehead atoms. The van der Waals surface area contributed by atoms with Crippen LogP contribution in [0.3, 0.4) is 0 Å². The van der Waals surface area contributed by atoms with Gasteiger partial charge in [-0.3, -0.25) is 14.5 Å². The van der Waals surface area contributed by atoms with Crippen LogP contribution in [0.5, 0.6) is 0 Å². The summed E-state index contributed by atoms with van der Waals surface area (Å²) in [4.78, 5) is 52.6. The molecule has 2 aliphatic carbocycles. The zero-order valence-electron chi connectivity index (χ0n) is 40.9. The van der Waals surface area contributed by atoms with Gasteiger partial charge in [0.05, 0.1) is 28.8 Å². The first-order valence-electron chi connectivity index (χ1n) is 23.9. The maximum atomic E-state index is 15.2. The highest BCUT2D eigenvalue weighted by molar-refractivity contribution is 6.38. The van der Waals surface area contributed by atoms with E-state index in [0.717, 1.165) is 35.2 Å². The minimum Gasteiger partial charge on any atom is -0.477 e. The summed E-state index contributed by atoms with van der Waals surface area (Å²) < 4.78 is 101. The number of nitrogens with zero attached hydrogens (tertiary/aromatic N) is 4. The number of halogens is 7. The van der Waals surface area contributed by atoms with Crippen LogP contribution in [0, 0.1) is 55.0 Å². The van der Waals surface area contributed by atoms with Crippen molar-refractivity contribution >= 4 is 46.9 Å². The van der Waals surface area contributed by atoms with Crippen molar-refractivity contribution in [2.24, 2.45) is 29.4 Å². The molecule has 9 rings (SSSR count). The zero-order valence-corrected chi connectivity index (χ0v) is 40.9. The van der Waals surface area contributed by atoms with Gasteiger partial charge in [-0.1, -0.05) is 58.0 Å². The number of nitrogens with two attached hydrogens (primary N) is 1. The van der Waals surface area contributed by atoms with E-state index in [0.29, 0.717) is 53.9 Å². The fraction of sp³-hybridized carbons (Fsp3) is 0.490.